The van der Waals surface area contributed by atoms with Crippen molar-refractivity contribution in [3.05, 3.63) is 0 Å². The molecule has 0 rings (SSSR count). The second-order valence-corrected chi connectivity index (χ2v) is 31.5. The second kappa shape index (κ2) is 66.6. The van der Waals surface area contributed by atoms with Gasteiger partial charge in [0.15, 0.2) is 12.2 Å². The molecule has 0 aliphatic heterocycles. The Kier molecular flexibility index (Phi) is 65.2. The standard InChI is InChI=1S/C76H148O17P2/c1-8-10-11-12-13-14-15-16-19-22-29-38-45-52-59-75(80)93-72(64-87-74(79)58-51-44-37-32-31-34-41-48-55-68(5)6)66-91-95(84,85)89-62-70(77)61-88-94(82,83)90-65-71(63-86-73(78)57-50-43-36-28-25-24-27-35-42-49-56-69(7)9-2)92-76(81)60-53-46-39-30-23-20-17-18-21-26-33-40-47-54-67(3)4/h67-72,77H,8-66H2,1-7H3,(H,82,83)(H,84,85)/t69?,70-,71-,72-/m1/s1. The van der Waals surface area contributed by atoms with E-state index in [-0.39, 0.29) is 25.7 Å². The largest absolute Gasteiger partial charge is 0.472 e. The van der Waals surface area contributed by atoms with E-state index in [1.54, 1.807) is 0 Å². The Morgan fingerprint density at radius 2 is 0.537 bits per heavy atom. The van der Waals surface area contributed by atoms with Crippen molar-refractivity contribution in [2.45, 2.75) is 407 Å². The summed E-state index contributed by atoms with van der Waals surface area (Å²) in [6.07, 6.45) is 52.5. The molecule has 6 atom stereocenters. The SMILES string of the molecule is CCCCCCCCCCCCCCCCC(=O)O[C@H](COC(=O)CCCCCCCCCCC(C)C)COP(=O)(O)OC[C@H](O)COP(=O)(O)OC[C@@H](COC(=O)CCCCCCCCCCCCC(C)CC)OC(=O)CCCCCCCCCCCCCCCC(C)C. The van der Waals surface area contributed by atoms with Crippen LogP contribution in [-0.2, 0) is 65.4 Å². The maximum absolute atomic E-state index is 13.1. The zero-order valence-electron chi connectivity index (χ0n) is 62.1. The summed E-state index contributed by atoms with van der Waals surface area (Å²) >= 11 is 0. The van der Waals surface area contributed by atoms with Crippen LogP contribution >= 0.6 is 15.6 Å². The Hall–Kier alpha value is -1.94. The van der Waals surface area contributed by atoms with Crippen LogP contribution in [0, 0.1) is 17.8 Å². The van der Waals surface area contributed by atoms with E-state index >= 15 is 0 Å². The third kappa shape index (κ3) is 69.0. The van der Waals surface area contributed by atoms with Gasteiger partial charge in [0.1, 0.15) is 19.3 Å². The zero-order valence-corrected chi connectivity index (χ0v) is 63.9. The number of carbonyl (C=O) groups excluding carboxylic acids is 4. The van der Waals surface area contributed by atoms with Gasteiger partial charge in [-0.3, -0.25) is 37.3 Å². The minimum Gasteiger partial charge on any atom is -0.462 e. The van der Waals surface area contributed by atoms with Gasteiger partial charge >= 0.3 is 39.5 Å². The molecular formula is C76H148O17P2. The van der Waals surface area contributed by atoms with Crippen molar-refractivity contribution < 1.29 is 80.2 Å². The molecule has 0 fully saturated rings. The summed E-state index contributed by atoms with van der Waals surface area (Å²) in [5.74, 6) is 0.206. The summed E-state index contributed by atoms with van der Waals surface area (Å²) in [5.41, 5.74) is 0. The average molecular weight is 1400 g/mol. The van der Waals surface area contributed by atoms with Crippen LogP contribution in [0.4, 0.5) is 0 Å². The van der Waals surface area contributed by atoms with Gasteiger partial charge in [-0.05, 0) is 43.4 Å². The Morgan fingerprint density at radius 1 is 0.305 bits per heavy atom. The van der Waals surface area contributed by atoms with Crippen LogP contribution in [0.1, 0.15) is 389 Å². The third-order valence-corrected chi connectivity index (χ3v) is 19.9. The molecule has 0 aromatic carbocycles. The van der Waals surface area contributed by atoms with Crippen LogP contribution in [0.25, 0.3) is 0 Å². The molecule has 0 aromatic heterocycles. The first kappa shape index (κ1) is 93.1. The highest BCUT2D eigenvalue weighted by Gasteiger charge is 2.30. The molecular weight excluding hydrogens is 1250 g/mol. The first-order valence-corrected chi connectivity index (χ1v) is 42.4. The number of phosphoric ester groups is 2. The predicted octanol–water partition coefficient (Wildman–Crippen LogP) is 22.2. The number of unbranched alkanes of at least 4 members (excludes halogenated alkanes) is 41. The van der Waals surface area contributed by atoms with Gasteiger partial charge in [-0.15, -0.1) is 0 Å². The van der Waals surface area contributed by atoms with Crippen molar-refractivity contribution in [3.63, 3.8) is 0 Å². The molecule has 0 heterocycles. The number of rotatable bonds is 74. The maximum Gasteiger partial charge on any atom is 0.472 e. The van der Waals surface area contributed by atoms with Gasteiger partial charge in [0.2, 0.25) is 0 Å². The minimum atomic E-state index is -4.96. The van der Waals surface area contributed by atoms with Crippen LogP contribution < -0.4 is 0 Å². The number of esters is 4. The molecule has 95 heavy (non-hydrogen) atoms. The van der Waals surface area contributed by atoms with Crippen molar-refractivity contribution >= 4 is 39.5 Å². The number of ether oxygens (including phenoxy) is 4. The molecule has 564 valence electrons. The summed E-state index contributed by atoms with van der Waals surface area (Å²) in [5, 5.41) is 10.6. The number of aliphatic hydroxyl groups is 1. The van der Waals surface area contributed by atoms with E-state index < -0.39 is 97.5 Å². The Labute approximate surface area is 581 Å². The van der Waals surface area contributed by atoms with Gasteiger partial charge in [0.05, 0.1) is 26.4 Å². The van der Waals surface area contributed by atoms with Crippen LogP contribution in [0.3, 0.4) is 0 Å². The molecule has 0 radical (unpaired) electrons. The Bertz CT molecular complexity index is 1850. The predicted molar refractivity (Wildman–Crippen MR) is 386 cm³/mol. The number of phosphoric acid groups is 2. The fourth-order valence-corrected chi connectivity index (χ4v) is 13.1. The first-order valence-electron chi connectivity index (χ1n) is 39.4. The molecule has 0 aliphatic carbocycles. The zero-order chi connectivity index (χ0) is 70.1. The lowest BCUT2D eigenvalue weighted by Gasteiger charge is -2.21. The molecule has 0 amide bonds. The number of aliphatic hydroxyl groups excluding tert-OH is 1. The lowest BCUT2D eigenvalue weighted by molar-refractivity contribution is -0.161. The van der Waals surface area contributed by atoms with E-state index in [9.17, 15) is 43.2 Å². The molecule has 3 N–H and O–H groups in total. The quantitative estimate of drug-likeness (QED) is 0.0222. The van der Waals surface area contributed by atoms with Crippen molar-refractivity contribution in [1.29, 1.82) is 0 Å². The topological polar surface area (TPSA) is 237 Å². The van der Waals surface area contributed by atoms with Gasteiger partial charge < -0.3 is 33.8 Å². The number of hydrogen-bond donors (Lipinski definition) is 3. The van der Waals surface area contributed by atoms with E-state index in [0.717, 1.165) is 108 Å². The minimum absolute atomic E-state index is 0.107. The van der Waals surface area contributed by atoms with Crippen molar-refractivity contribution in [2.24, 2.45) is 17.8 Å². The molecule has 17 nitrogen and oxygen atoms in total. The van der Waals surface area contributed by atoms with Gasteiger partial charge in [0, 0.05) is 25.7 Å². The summed E-state index contributed by atoms with van der Waals surface area (Å²) < 4.78 is 68.6. The monoisotopic (exact) mass is 1400 g/mol. The molecule has 0 saturated heterocycles. The Balaban J connectivity index is 5.27. The molecule has 0 bridgehead atoms. The molecule has 0 aromatic rings. The summed E-state index contributed by atoms with van der Waals surface area (Å²) in [7, 11) is -9.91. The van der Waals surface area contributed by atoms with E-state index in [2.05, 4.69) is 48.5 Å². The fraction of sp³-hybridized carbons (Fsp3) is 0.947. The normalized spacial score (nSPS) is 14.4. The summed E-state index contributed by atoms with van der Waals surface area (Å²) in [6, 6.07) is 0. The second-order valence-electron chi connectivity index (χ2n) is 28.6. The van der Waals surface area contributed by atoms with Gasteiger partial charge in [0.25, 0.3) is 0 Å². The van der Waals surface area contributed by atoms with Crippen molar-refractivity contribution in [2.75, 3.05) is 39.6 Å². The van der Waals surface area contributed by atoms with E-state index in [4.69, 9.17) is 37.0 Å². The Morgan fingerprint density at radius 3 is 0.800 bits per heavy atom. The fourth-order valence-electron chi connectivity index (χ4n) is 11.6. The summed E-state index contributed by atoms with van der Waals surface area (Å²) in [6.45, 7) is 11.9. The smallest absolute Gasteiger partial charge is 0.462 e. The third-order valence-electron chi connectivity index (χ3n) is 18.0. The van der Waals surface area contributed by atoms with Crippen molar-refractivity contribution in [3.8, 4) is 0 Å². The average Bonchev–Trinajstić information content (AvgIpc) is 1.62. The molecule has 0 aliphatic rings. The highest BCUT2D eigenvalue weighted by molar-refractivity contribution is 7.47. The lowest BCUT2D eigenvalue weighted by atomic mass is 9.99. The highest BCUT2D eigenvalue weighted by Crippen LogP contribution is 2.45. The molecule has 0 spiro atoms. The van der Waals surface area contributed by atoms with Crippen LogP contribution in [0.15, 0.2) is 0 Å². The van der Waals surface area contributed by atoms with Crippen LogP contribution in [-0.4, -0.2) is 96.7 Å². The van der Waals surface area contributed by atoms with E-state index in [0.29, 0.717) is 25.7 Å². The van der Waals surface area contributed by atoms with E-state index in [1.165, 1.54) is 199 Å². The first-order chi connectivity index (χ1) is 45.8. The van der Waals surface area contributed by atoms with Crippen LogP contribution in [0.5, 0.6) is 0 Å². The molecule has 19 heteroatoms. The van der Waals surface area contributed by atoms with Gasteiger partial charge in [-0.25, -0.2) is 9.13 Å². The van der Waals surface area contributed by atoms with Crippen LogP contribution in [0.2, 0.25) is 0 Å². The van der Waals surface area contributed by atoms with E-state index in [1.807, 2.05) is 0 Å². The van der Waals surface area contributed by atoms with Gasteiger partial charge in [-0.1, -0.05) is 337 Å². The summed E-state index contributed by atoms with van der Waals surface area (Å²) in [4.78, 5) is 72.8. The lowest BCUT2D eigenvalue weighted by Crippen LogP contribution is -2.30. The highest BCUT2D eigenvalue weighted by atomic mass is 31.2. The molecule has 3 unspecified atom stereocenters. The number of hydrogen-bond acceptors (Lipinski definition) is 15. The number of carbonyl (C=O) groups is 4. The maximum atomic E-state index is 13.1. The van der Waals surface area contributed by atoms with Gasteiger partial charge in [-0.2, -0.15) is 0 Å². The van der Waals surface area contributed by atoms with Crippen molar-refractivity contribution in [1.82, 2.24) is 0 Å². The molecule has 0 saturated carbocycles.